The Balaban J connectivity index is 1.47. The van der Waals surface area contributed by atoms with Gasteiger partial charge < -0.3 is 10.6 Å². The Morgan fingerprint density at radius 1 is 1.39 bits per heavy atom. The Labute approximate surface area is 182 Å². The fraction of sp³-hybridized carbons (Fsp3) is 0.474. The van der Waals surface area contributed by atoms with E-state index < -0.39 is 11.6 Å². The largest absolute Gasteiger partial charge is 0.364 e. The van der Waals surface area contributed by atoms with Crippen LogP contribution in [-0.2, 0) is 15.3 Å². The van der Waals surface area contributed by atoms with E-state index >= 15 is 0 Å². The number of carbonyl (C=O) groups excluding carboxylic acids is 2. The van der Waals surface area contributed by atoms with Gasteiger partial charge in [-0.25, -0.2) is 15.0 Å². The second-order valence-electron chi connectivity index (χ2n) is 7.34. The molecular weight excluding hydrogens is 420 g/mol. The zero-order valence-corrected chi connectivity index (χ0v) is 17.8. The number of nitrogens with two attached hydrogens (primary N) is 1. The standard InChI is InChI=1S/C19H22N8O3S/c1-22-19(14-11-31-15(10-20)25-14)5-9-30-27(19)17(29)12-3-7-26(8-4-12)18-23-6-2-13(24-18)16(21)28/h2,6,11-12,22H,3-5,7-9H2,1H3,(H2,21,28)/t19-/m0/s1. The molecule has 31 heavy (non-hydrogen) atoms. The molecule has 2 saturated heterocycles. The molecule has 0 unspecified atom stereocenters. The van der Waals surface area contributed by atoms with Crippen molar-refractivity contribution in [3.63, 3.8) is 0 Å². The number of aromatic nitrogens is 3. The first-order chi connectivity index (χ1) is 15.0. The van der Waals surface area contributed by atoms with Gasteiger partial charge in [-0.15, -0.1) is 11.3 Å². The fourth-order valence-corrected chi connectivity index (χ4v) is 4.65. The van der Waals surface area contributed by atoms with E-state index in [9.17, 15) is 9.59 Å². The van der Waals surface area contributed by atoms with E-state index in [0.29, 0.717) is 55.6 Å². The molecule has 2 fully saturated rings. The Morgan fingerprint density at radius 3 is 2.81 bits per heavy atom. The van der Waals surface area contributed by atoms with Crippen molar-refractivity contribution in [2.75, 3.05) is 31.6 Å². The highest BCUT2D eigenvalue weighted by molar-refractivity contribution is 7.10. The molecule has 2 amide bonds. The Morgan fingerprint density at radius 2 is 2.16 bits per heavy atom. The minimum Gasteiger partial charge on any atom is -0.364 e. The average Bonchev–Trinajstić information content (AvgIpc) is 3.46. The van der Waals surface area contributed by atoms with Gasteiger partial charge in [0.25, 0.3) is 11.8 Å². The van der Waals surface area contributed by atoms with Gasteiger partial charge in [0.05, 0.1) is 12.3 Å². The third-order valence-corrected chi connectivity index (χ3v) is 6.44. The SMILES string of the molecule is CN[C@@]1(c2csc(C#N)n2)CCON1C(=O)C1CCN(c2nccc(C(N)=O)n2)CC1. The van der Waals surface area contributed by atoms with Crippen molar-refractivity contribution >= 4 is 29.1 Å². The van der Waals surface area contributed by atoms with Gasteiger partial charge in [-0.3, -0.25) is 19.7 Å². The summed E-state index contributed by atoms with van der Waals surface area (Å²) in [4.78, 5) is 45.2. The first kappa shape index (κ1) is 21.1. The molecule has 3 N–H and O–H groups in total. The van der Waals surface area contributed by atoms with Crippen molar-refractivity contribution in [1.82, 2.24) is 25.3 Å². The lowest BCUT2D eigenvalue weighted by Crippen LogP contribution is -2.55. The van der Waals surface area contributed by atoms with Crippen LogP contribution >= 0.6 is 11.3 Å². The number of primary amides is 1. The molecule has 0 aromatic carbocycles. The number of hydroxylamine groups is 2. The van der Waals surface area contributed by atoms with Crippen LogP contribution in [0.15, 0.2) is 17.6 Å². The summed E-state index contributed by atoms with van der Waals surface area (Å²) >= 11 is 1.24. The number of thiazole rings is 1. The summed E-state index contributed by atoms with van der Waals surface area (Å²) < 4.78 is 0. The van der Waals surface area contributed by atoms with Gasteiger partial charge in [-0.2, -0.15) is 10.3 Å². The summed E-state index contributed by atoms with van der Waals surface area (Å²) in [5, 5.41) is 15.8. The molecule has 0 spiro atoms. The number of rotatable bonds is 5. The number of carbonyl (C=O) groups is 2. The predicted octanol–water partition coefficient (Wildman–Crippen LogP) is 0.356. The number of amides is 2. The van der Waals surface area contributed by atoms with Crippen LogP contribution in [0.5, 0.6) is 0 Å². The van der Waals surface area contributed by atoms with Crippen LogP contribution < -0.4 is 16.0 Å². The van der Waals surface area contributed by atoms with Gasteiger partial charge in [0.1, 0.15) is 11.8 Å². The van der Waals surface area contributed by atoms with Crippen LogP contribution in [0.2, 0.25) is 0 Å². The summed E-state index contributed by atoms with van der Waals surface area (Å²) in [6.45, 7) is 1.50. The first-order valence-corrected chi connectivity index (χ1v) is 10.8. The van der Waals surface area contributed by atoms with Crippen molar-refractivity contribution in [2.45, 2.75) is 24.9 Å². The zero-order valence-electron chi connectivity index (χ0n) is 16.9. The molecule has 4 rings (SSSR count). The van der Waals surface area contributed by atoms with Gasteiger partial charge >= 0.3 is 0 Å². The molecule has 2 aliphatic heterocycles. The smallest absolute Gasteiger partial charge is 0.267 e. The summed E-state index contributed by atoms with van der Waals surface area (Å²) in [6, 6.07) is 3.51. The molecule has 0 bridgehead atoms. The van der Waals surface area contributed by atoms with Crippen LogP contribution in [0.1, 0.15) is 40.5 Å². The first-order valence-electron chi connectivity index (χ1n) is 9.88. The maximum absolute atomic E-state index is 13.4. The monoisotopic (exact) mass is 442 g/mol. The lowest BCUT2D eigenvalue weighted by atomic mass is 9.94. The van der Waals surface area contributed by atoms with Gasteiger partial charge in [0.2, 0.25) is 5.95 Å². The van der Waals surface area contributed by atoms with Crippen LogP contribution in [0.3, 0.4) is 0 Å². The summed E-state index contributed by atoms with van der Waals surface area (Å²) in [5.41, 5.74) is 5.18. The van der Waals surface area contributed by atoms with Crippen LogP contribution in [0.4, 0.5) is 5.95 Å². The van der Waals surface area contributed by atoms with E-state index in [4.69, 9.17) is 15.8 Å². The van der Waals surface area contributed by atoms with Crippen LogP contribution in [0, 0.1) is 17.2 Å². The Bertz CT molecular complexity index is 1030. The number of nitriles is 1. The Hall–Kier alpha value is -3.14. The second kappa shape index (κ2) is 8.54. The van der Waals surface area contributed by atoms with E-state index in [1.165, 1.54) is 28.7 Å². The van der Waals surface area contributed by atoms with Crippen molar-refractivity contribution in [3.8, 4) is 6.07 Å². The van der Waals surface area contributed by atoms with Crippen LogP contribution in [0.25, 0.3) is 0 Å². The van der Waals surface area contributed by atoms with Crippen LogP contribution in [-0.4, -0.2) is 58.6 Å². The molecule has 12 heteroatoms. The molecule has 11 nitrogen and oxygen atoms in total. The lowest BCUT2D eigenvalue weighted by Gasteiger charge is -2.38. The molecule has 2 aromatic heterocycles. The fourth-order valence-electron chi connectivity index (χ4n) is 3.98. The van der Waals surface area contributed by atoms with Crippen molar-refractivity contribution < 1.29 is 14.4 Å². The molecule has 4 heterocycles. The van der Waals surface area contributed by atoms with E-state index in [-0.39, 0.29) is 17.5 Å². The number of hydrogen-bond donors (Lipinski definition) is 2. The molecule has 0 aliphatic carbocycles. The zero-order chi connectivity index (χ0) is 22.0. The molecule has 0 radical (unpaired) electrons. The second-order valence-corrected chi connectivity index (χ2v) is 8.20. The molecular formula is C19H22N8O3S. The molecule has 0 saturated carbocycles. The number of nitrogens with one attached hydrogen (secondary N) is 1. The summed E-state index contributed by atoms with van der Waals surface area (Å²) in [7, 11) is 1.76. The van der Waals surface area contributed by atoms with Crippen molar-refractivity contribution in [1.29, 1.82) is 5.26 Å². The summed E-state index contributed by atoms with van der Waals surface area (Å²) in [6.07, 6.45) is 3.21. The molecule has 1 atom stereocenters. The lowest BCUT2D eigenvalue weighted by molar-refractivity contribution is -0.200. The maximum Gasteiger partial charge on any atom is 0.267 e. The van der Waals surface area contributed by atoms with E-state index in [0.717, 1.165) is 0 Å². The van der Waals surface area contributed by atoms with E-state index in [2.05, 4.69) is 20.3 Å². The Kier molecular flexibility index (Phi) is 5.81. The van der Waals surface area contributed by atoms with Crippen molar-refractivity contribution in [3.05, 3.63) is 34.0 Å². The molecule has 2 aliphatic rings. The highest BCUT2D eigenvalue weighted by atomic mass is 32.1. The van der Waals surface area contributed by atoms with Gasteiger partial charge in [-0.05, 0) is 26.0 Å². The van der Waals surface area contributed by atoms with Gasteiger partial charge in [-0.1, -0.05) is 0 Å². The quantitative estimate of drug-likeness (QED) is 0.668. The minimum absolute atomic E-state index is 0.121. The van der Waals surface area contributed by atoms with E-state index in [1.54, 1.807) is 12.4 Å². The highest BCUT2D eigenvalue weighted by Crippen LogP contribution is 2.37. The van der Waals surface area contributed by atoms with Gasteiger partial charge in [0.15, 0.2) is 10.7 Å². The molecule has 162 valence electrons. The van der Waals surface area contributed by atoms with E-state index in [1.807, 2.05) is 11.0 Å². The topological polar surface area (TPSA) is 150 Å². The number of hydrogen-bond acceptors (Lipinski definition) is 10. The predicted molar refractivity (Wildman–Crippen MR) is 110 cm³/mol. The third kappa shape index (κ3) is 3.83. The number of nitrogens with zero attached hydrogens (tertiary/aromatic N) is 6. The number of anilines is 1. The van der Waals surface area contributed by atoms with Gasteiger partial charge in [0, 0.05) is 37.0 Å². The number of piperidine rings is 1. The average molecular weight is 443 g/mol. The normalized spacial score (nSPS) is 21.8. The maximum atomic E-state index is 13.4. The third-order valence-electron chi connectivity index (χ3n) is 5.69. The summed E-state index contributed by atoms with van der Waals surface area (Å²) in [5.74, 6) is -0.541. The minimum atomic E-state index is -0.890. The molecule has 2 aromatic rings. The highest BCUT2D eigenvalue weighted by Gasteiger charge is 2.49. The van der Waals surface area contributed by atoms with Crippen molar-refractivity contribution in [2.24, 2.45) is 11.7 Å².